The lowest BCUT2D eigenvalue weighted by Crippen LogP contribution is -2.27. The Kier molecular flexibility index (Phi) is 5.13. The van der Waals surface area contributed by atoms with Gasteiger partial charge in [0.1, 0.15) is 0 Å². The van der Waals surface area contributed by atoms with Crippen molar-refractivity contribution in [2.24, 2.45) is 0 Å². The van der Waals surface area contributed by atoms with Crippen molar-refractivity contribution >= 4 is 51.7 Å². The fourth-order valence-corrected chi connectivity index (χ4v) is 3.73. The molecule has 11 heteroatoms. The summed E-state index contributed by atoms with van der Waals surface area (Å²) in [4.78, 5) is 23.7. The summed E-state index contributed by atoms with van der Waals surface area (Å²) in [7, 11) is 0. The fourth-order valence-electron chi connectivity index (χ4n) is 2.43. The Morgan fingerprint density at radius 2 is 1.89 bits per heavy atom. The Hall–Kier alpha value is -2.92. The van der Waals surface area contributed by atoms with Crippen LogP contribution in [0.2, 0.25) is 0 Å². The smallest absolute Gasteiger partial charge is 0.416 e. The first kappa shape index (κ1) is 19.8. The maximum Gasteiger partial charge on any atom is 0.416 e. The maximum atomic E-state index is 12.9. The van der Waals surface area contributed by atoms with Crippen LogP contribution in [0.15, 0.2) is 47.4 Å². The second-order valence-electron chi connectivity index (χ2n) is 5.55. The number of amides is 1. The van der Waals surface area contributed by atoms with Gasteiger partial charge in [0.2, 0.25) is 0 Å². The molecule has 0 atom stereocenters. The monoisotopic (exact) mass is 425 g/mol. The number of thioether (sulfide) groups is 1. The summed E-state index contributed by atoms with van der Waals surface area (Å²) in [5, 5.41) is 22.3. The van der Waals surface area contributed by atoms with E-state index in [0.29, 0.717) is 0 Å². The molecule has 0 saturated carbocycles. The molecule has 1 heterocycles. The Morgan fingerprint density at radius 3 is 2.54 bits per heavy atom. The number of carbonyl (C=O) groups excluding carboxylic acids is 1. The molecule has 2 aromatic carbocycles. The fraction of sp³-hybridized carbons (Fsp3) is 0.0588. The quantitative estimate of drug-likeness (QED) is 0.319. The first-order valence-electron chi connectivity index (χ1n) is 7.48. The minimum absolute atomic E-state index is 0.0190. The lowest BCUT2D eigenvalue weighted by molar-refractivity contribution is -0.398. The zero-order valence-electron chi connectivity index (χ0n) is 13.6. The van der Waals surface area contributed by atoms with Crippen LogP contribution in [0, 0.1) is 10.1 Å². The molecule has 1 aliphatic rings. The van der Waals surface area contributed by atoms with Crippen LogP contribution < -0.4 is 10.0 Å². The highest BCUT2D eigenvalue weighted by atomic mass is 32.2. The normalized spacial score (nSPS) is 16.1. The van der Waals surface area contributed by atoms with E-state index < -0.39 is 34.0 Å². The van der Waals surface area contributed by atoms with Gasteiger partial charge in [0.05, 0.1) is 21.1 Å². The van der Waals surface area contributed by atoms with Crippen molar-refractivity contribution in [3.8, 4) is 5.75 Å². The molecule has 1 aliphatic heterocycles. The van der Waals surface area contributed by atoms with Gasteiger partial charge in [0.15, 0.2) is 4.32 Å². The number of halogens is 3. The average molecular weight is 425 g/mol. The molecule has 6 nitrogen and oxygen atoms in total. The SMILES string of the molecule is O=C1/C(=C/c2ccc([O-])c([N+](=O)[O-])c2)SC(=S)N1c1cccc(C(F)(F)F)c1. The summed E-state index contributed by atoms with van der Waals surface area (Å²) < 4.78 is 38.8. The van der Waals surface area contributed by atoms with Crippen LogP contribution in [-0.4, -0.2) is 15.2 Å². The van der Waals surface area contributed by atoms with Gasteiger partial charge in [-0.05, 0) is 35.6 Å². The van der Waals surface area contributed by atoms with Gasteiger partial charge in [-0.25, -0.2) is 0 Å². The van der Waals surface area contributed by atoms with Crippen LogP contribution in [0.4, 0.5) is 24.5 Å². The second-order valence-corrected chi connectivity index (χ2v) is 7.23. The van der Waals surface area contributed by atoms with Gasteiger partial charge in [-0.15, -0.1) is 0 Å². The first-order valence-corrected chi connectivity index (χ1v) is 8.71. The highest BCUT2D eigenvalue weighted by Gasteiger charge is 2.36. The molecular formula is C17H8F3N2O4S2-. The number of thiocarbonyl (C=S) groups is 1. The van der Waals surface area contributed by atoms with Crippen molar-refractivity contribution < 1.29 is 28.0 Å². The number of nitro benzene ring substituents is 1. The van der Waals surface area contributed by atoms with E-state index in [2.05, 4.69) is 0 Å². The molecule has 0 spiro atoms. The number of hydrogen-bond donors (Lipinski definition) is 0. The zero-order valence-corrected chi connectivity index (χ0v) is 15.2. The molecule has 0 aromatic heterocycles. The van der Waals surface area contributed by atoms with E-state index in [-0.39, 0.29) is 20.5 Å². The van der Waals surface area contributed by atoms with Crippen LogP contribution in [0.25, 0.3) is 6.08 Å². The number of alkyl halides is 3. The molecule has 144 valence electrons. The van der Waals surface area contributed by atoms with E-state index in [9.17, 15) is 33.2 Å². The lowest BCUT2D eigenvalue weighted by Gasteiger charge is -2.16. The number of rotatable bonds is 3. The van der Waals surface area contributed by atoms with E-state index in [1.54, 1.807) is 0 Å². The van der Waals surface area contributed by atoms with Crippen molar-refractivity contribution in [3.63, 3.8) is 0 Å². The van der Waals surface area contributed by atoms with Gasteiger partial charge < -0.3 is 5.11 Å². The third kappa shape index (κ3) is 3.85. The molecule has 0 unspecified atom stereocenters. The minimum Gasteiger partial charge on any atom is -0.868 e. The number of nitrogens with zero attached hydrogens (tertiary/aromatic N) is 2. The van der Waals surface area contributed by atoms with E-state index in [0.717, 1.165) is 47.0 Å². The Labute approximate surface area is 165 Å². The highest BCUT2D eigenvalue weighted by Crippen LogP contribution is 2.38. The molecule has 1 amide bonds. The van der Waals surface area contributed by atoms with Gasteiger partial charge in [-0.3, -0.25) is 19.8 Å². The molecule has 0 N–H and O–H groups in total. The van der Waals surface area contributed by atoms with Crippen LogP contribution in [-0.2, 0) is 11.0 Å². The summed E-state index contributed by atoms with van der Waals surface area (Å²) in [6.45, 7) is 0. The predicted molar refractivity (Wildman–Crippen MR) is 99.6 cm³/mol. The van der Waals surface area contributed by atoms with Gasteiger partial charge in [0.25, 0.3) is 11.6 Å². The molecule has 0 bridgehead atoms. The van der Waals surface area contributed by atoms with Gasteiger partial charge in [0, 0.05) is 6.07 Å². The topological polar surface area (TPSA) is 86.5 Å². The molecule has 1 saturated heterocycles. The molecule has 0 aliphatic carbocycles. The Balaban J connectivity index is 1.96. The van der Waals surface area contributed by atoms with Crippen LogP contribution in [0.1, 0.15) is 11.1 Å². The molecule has 3 rings (SSSR count). The average Bonchev–Trinajstić information content (AvgIpc) is 2.89. The summed E-state index contributed by atoms with van der Waals surface area (Å²) in [5.74, 6) is -1.44. The first-order chi connectivity index (χ1) is 13.1. The van der Waals surface area contributed by atoms with E-state index >= 15 is 0 Å². The van der Waals surface area contributed by atoms with Crippen molar-refractivity contribution in [2.45, 2.75) is 6.18 Å². The summed E-state index contributed by atoms with van der Waals surface area (Å²) >= 11 is 5.95. The van der Waals surface area contributed by atoms with Crippen molar-refractivity contribution in [1.82, 2.24) is 0 Å². The number of nitro groups is 1. The van der Waals surface area contributed by atoms with Gasteiger partial charge >= 0.3 is 6.18 Å². The van der Waals surface area contributed by atoms with E-state index in [1.165, 1.54) is 18.2 Å². The third-order valence-corrected chi connectivity index (χ3v) is 5.01. The summed E-state index contributed by atoms with van der Waals surface area (Å²) in [6, 6.07) is 7.48. The van der Waals surface area contributed by atoms with E-state index in [1.807, 2.05) is 0 Å². The number of hydrogen-bond acceptors (Lipinski definition) is 6. The Bertz CT molecular complexity index is 1040. The minimum atomic E-state index is -4.58. The number of carbonyl (C=O) groups is 1. The Morgan fingerprint density at radius 1 is 1.18 bits per heavy atom. The molecule has 28 heavy (non-hydrogen) atoms. The lowest BCUT2D eigenvalue weighted by atomic mass is 10.1. The molecule has 0 radical (unpaired) electrons. The van der Waals surface area contributed by atoms with Crippen molar-refractivity contribution in [2.75, 3.05) is 4.90 Å². The summed E-state index contributed by atoms with van der Waals surface area (Å²) in [5.41, 5.74) is -1.40. The summed E-state index contributed by atoms with van der Waals surface area (Å²) in [6.07, 6.45) is -3.29. The zero-order chi connectivity index (χ0) is 20.6. The predicted octanol–water partition coefficient (Wildman–Crippen LogP) is 4.09. The number of benzene rings is 2. The second kappa shape index (κ2) is 7.24. The molecule has 2 aromatic rings. The van der Waals surface area contributed by atoms with Crippen molar-refractivity contribution in [1.29, 1.82) is 0 Å². The maximum absolute atomic E-state index is 12.9. The highest BCUT2D eigenvalue weighted by molar-refractivity contribution is 8.27. The molecular weight excluding hydrogens is 417 g/mol. The standard InChI is InChI=1S/C17H9F3N2O4S2/c18-17(19,20)10-2-1-3-11(8-10)21-15(24)14(28-16(21)27)7-9-4-5-13(23)12(6-9)22(25)26/h1-8,23H/p-1/b14-7-. The molecule has 1 fully saturated rings. The van der Waals surface area contributed by atoms with Crippen LogP contribution in [0.3, 0.4) is 0 Å². The third-order valence-electron chi connectivity index (χ3n) is 3.70. The van der Waals surface area contributed by atoms with Crippen LogP contribution >= 0.6 is 24.0 Å². The van der Waals surface area contributed by atoms with Crippen LogP contribution in [0.5, 0.6) is 5.75 Å². The largest absolute Gasteiger partial charge is 0.868 e. The van der Waals surface area contributed by atoms with Gasteiger partial charge in [-0.1, -0.05) is 42.2 Å². The van der Waals surface area contributed by atoms with Gasteiger partial charge in [-0.2, -0.15) is 13.2 Å². The van der Waals surface area contributed by atoms with E-state index in [4.69, 9.17) is 12.2 Å². The van der Waals surface area contributed by atoms with Crippen molar-refractivity contribution in [3.05, 3.63) is 68.6 Å². The number of anilines is 1.